The molecule has 0 radical (unpaired) electrons. The van der Waals surface area contributed by atoms with Crippen LogP contribution in [0.1, 0.15) is 30.4 Å². The zero-order valence-electron chi connectivity index (χ0n) is 10.8. The van der Waals surface area contributed by atoms with Gasteiger partial charge >= 0.3 is 0 Å². The van der Waals surface area contributed by atoms with Crippen molar-refractivity contribution < 1.29 is 0 Å². The number of anilines is 1. The molecule has 3 nitrogen and oxygen atoms in total. The van der Waals surface area contributed by atoms with Gasteiger partial charge in [-0.05, 0) is 36.5 Å². The minimum Gasteiger partial charge on any atom is -0.398 e. The summed E-state index contributed by atoms with van der Waals surface area (Å²) in [4.78, 5) is 5.32. The highest BCUT2D eigenvalue weighted by atomic mass is 15.3. The van der Waals surface area contributed by atoms with E-state index in [1.807, 2.05) is 6.07 Å². The molecule has 0 bridgehead atoms. The number of rotatable bonds is 2. The number of hydrogen-bond donors (Lipinski definition) is 1. The summed E-state index contributed by atoms with van der Waals surface area (Å²) in [5.41, 5.74) is 9.88. The fourth-order valence-corrected chi connectivity index (χ4v) is 3.57. The molecule has 0 aromatic heterocycles. The van der Waals surface area contributed by atoms with Crippen molar-refractivity contribution in [3.05, 3.63) is 29.3 Å². The molecular weight excluding hydrogens is 222 g/mol. The molecule has 0 amide bonds. The second kappa shape index (κ2) is 3.97. The van der Waals surface area contributed by atoms with Crippen LogP contribution in [0.4, 0.5) is 5.69 Å². The Morgan fingerprint density at radius 3 is 2.67 bits per heavy atom. The van der Waals surface area contributed by atoms with Crippen LogP contribution in [-0.2, 0) is 13.1 Å². The van der Waals surface area contributed by atoms with E-state index < -0.39 is 0 Å². The van der Waals surface area contributed by atoms with Gasteiger partial charge in [-0.25, -0.2) is 0 Å². The van der Waals surface area contributed by atoms with Crippen molar-refractivity contribution in [2.24, 2.45) is 0 Å². The first-order chi connectivity index (χ1) is 8.81. The maximum Gasteiger partial charge on any atom is 0.0363 e. The van der Waals surface area contributed by atoms with Gasteiger partial charge in [-0.3, -0.25) is 9.80 Å². The highest BCUT2D eigenvalue weighted by Crippen LogP contribution is 2.35. The van der Waals surface area contributed by atoms with Crippen LogP contribution < -0.4 is 5.73 Å². The summed E-state index contributed by atoms with van der Waals surface area (Å²) in [6.45, 7) is 4.74. The van der Waals surface area contributed by atoms with Gasteiger partial charge in [0.15, 0.2) is 0 Å². The van der Waals surface area contributed by atoms with Gasteiger partial charge in [0.2, 0.25) is 0 Å². The van der Waals surface area contributed by atoms with E-state index in [-0.39, 0.29) is 0 Å². The van der Waals surface area contributed by atoms with Crippen LogP contribution in [0.15, 0.2) is 18.2 Å². The van der Waals surface area contributed by atoms with E-state index in [1.54, 1.807) is 0 Å². The Morgan fingerprint density at radius 2 is 1.89 bits per heavy atom. The lowest BCUT2D eigenvalue weighted by atomic mass is 10.1. The topological polar surface area (TPSA) is 32.5 Å². The van der Waals surface area contributed by atoms with Crippen molar-refractivity contribution in [2.45, 2.75) is 44.4 Å². The molecule has 1 atom stereocenters. The van der Waals surface area contributed by atoms with E-state index in [1.165, 1.54) is 43.5 Å². The van der Waals surface area contributed by atoms with Crippen LogP contribution in [0, 0.1) is 0 Å². The van der Waals surface area contributed by atoms with Crippen molar-refractivity contribution in [1.29, 1.82) is 0 Å². The van der Waals surface area contributed by atoms with Crippen molar-refractivity contribution in [3.63, 3.8) is 0 Å². The number of nitrogen functional groups attached to an aromatic ring is 1. The Bertz CT molecular complexity index is 467. The molecule has 1 unspecified atom stereocenters. The van der Waals surface area contributed by atoms with Crippen molar-refractivity contribution >= 4 is 5.69 Å². The van der Waals surface area contributed by atoms with Crippen molar-refractivity contribution in [1.82, 2.24) is 9.80 Å². The third kappa shape index (κ3) is 1.73. The maximum absolute atomic E-state index is 6.08. The van der Waals surface area contributed by atoms with Gasteiger partial charge < -0.3 is 5.73 Å². The molecule has 4 rings (SSSR count). The van der Waals surface area contributed by atoms with E-state index in [4.69, 9.17) is 5.73 Å². The molecule has 1 aromatic rings. The highest BCUT2D eigenvalue weighted by molar-refractivity contribution is 5.52. The Kier molecular flexibility index (Phi) is 2.39. The number of nitrogens with two attached hydrogens (primary N) is 1. The van der Waals surface area contributed by atoms with Gasteiger partial charge in [0, 0.05) is 44.0 Å². The monoisotopic (exact) mass is 243 g/mol. The van der Waals surface area contributed by atoms with Crippen LogP contribution in [0.2, 0.25) is 0 Å². The molecule has 1 saturated heterocycles. The summed E-state index contributed by atoms with van der Waals surface area (Å²) in [6.07, 6.45) is 4.20. The first-order valence-electron chi connectivity index (χ1n) is 7.15. The van der Waals surface area contributed by atoms with E-state index in [0.29, 0.717) is 0 Å². The summed E-state index contributed by atoms with van der Waals surface area (Å²) >= 11 is 0. The molecular formula is C15H21N3. The van der Waals surface area contributed by atoms with E-state index in [2.05, 4.69) is 21.9 Å². The van der Waals surface area contributed by atoms with E-state index >= 15 is 0 Å². The Hall–Kier alpha value is -1.06. The van der Waals surface area contributed by atoms with Gasteiger partial charge in [-0.15, -0.1) is 0 Å². The Morgan fingerprint density at radius 1 is 1.00 bits per heavy atom. The van der Waals surface area contributed by atoms with Gasteiger partial charge in [0.25, 0.3) is 0 Å². The molecule has 96 valence electrons. The second-order valence-corrected chi connectivity index (χ2v) is 6.06. The third-order valence-electron chi connectivity index (χ3n) is 4.82. The summed E-state index contributed by atoms with van der Waals surface area (Å²) in [5, 5.41) is 0. The van der Waals surface area contributed by atoms with E-state index in [0.717, 1.165) is 30.9 Å². The predicted molar refractivity (Wildman–Crippen MR) is 73.1 cm³/mol. The van der Waals surface area contributed by atoms with Crippen LogP contribution in [0.5, 0.6) is 0 Å². The number of benzene rings is 1. The minimum atomic E-state index is 0.748. The van der Waals surface area contributed by atoms with Gasteiger partial charge in [0.1, 0.15) is 0 Å². The number of fused-ring (bicyclic) bond motifs is 1. The first kappa shape index (κ1) is 10.8. The number of nitrogens with zero attached hydrogens (tertiary/aromatic N) is 2. The number of likely N-dealkylation sites (tertiary alicyclic amines) is 1. The van der Waals surface area contributed by atoms with Gasteiger partial charge in [-0.1, -0.05) is 12.1 Å². The van der Waals surface area contributed by atoms with Crippen LogP contribution in [-0.4, -0.2) is 35.0 Å². The van der Waals surface area contributed by atoms with Gasteiger partial charge in [0.05, 0.1) is 0 Å². The Balaban J connectivity index is 1.47. The van der Waals surface area contributed by atoms with Gasteiger partial charge in [-0.2, -0.15) is 0 Å². The summed E-state index contributed by atoms with van der Waals surface area (Å²) in [6, 6.07) is 8.03. The standard InChI is InChI=1S/C15H21N3/c16-15-3-1-2-11-8-18(10-14(11)15)13-6-7-17(9-13)12-4-5-12/h1-3,12-13H,4-10,16H2. The highest BCUT2D eigenvalue weighted by Gasteiger charge is 2.37. The lowest BCUT2D eigenvalue weighted by molar-refractivity contribution is 0.193. The lowest BCUT2D eigenvalue weighted by Gasteiger charge is -2.23. The zero-order valence-corrected chi connectivity index (χ0v) is 10.8. The maximum atomic E-state index is 6.08. The average molecular weight is 243 g/mol. The quantitative estimate of drug-likeness (QED) is 0.804. The van der Waals surface area contributed by atoms with Crippen LogP contribution >= 0.6 is 0 Å². The molecule has 1 aliphatic carbocycles. The molecule has 3 heteroatoms. The fourth-order valence-electron chi connectivity index (χ4n) is 3.57. The molecule has 2 heterocycles. The molecule has 3 aliphatic rings. The SMILES string of the molecule is Nc1cccc2c1CN(C1CCN(C3CC3)C1)C2. The second-order valence-electron chi connectivity index (χ2n) is 6.06. The molecule has 0 spiro atoms. The van der Waals surface area contributed by atoms with Crippen LogP contribution in [0.3, 0.4) is 0 Å². The van der Waals surface area contributed by atoms with Crippen LogP contribution in [0.25, 0.3) is 0 Å². The molecule has 2 N–H and O–H groups in total. The fraction of sp³-hybridized carbons (Fsp3) is 0.600. The smallest absolute Gasteiger partial charge is 0.0363 e. The third-order valence-corrected chi connectivity index (χ3v) is 4.82. The lowest BCUT2D eigenvalue weighted by Crippen LogP contribution is -2.34. The molecule has 18 heavy (non-hydrogen) atoms. The summed E-state index contributed by atoms with van der Waals surface area (Å²) < 4.78 is 0. The summed E-state index contributed by atoms with van der Waals surface area (Å²) in [5.74, 6) is 0. The zero-order chi connectivity index (χ0) is 12.1. The molecule has 1 aromatic carbocycles. The first-order valence-corrected chi connectivity index (χ1v) is 7.15. The molecule has 1 saturated carbocycles. The van der Waals surface area contributed by atoms with E-state index in [9.17, 15) is 0 Å². The normalized spacial score (nSPS) is 28.8. The largest absolute Gasteiger partial charge is 0.398 e. The average Bonchev–Trinajstić information content (AvgIpc) is 2.93. The Labute approximate surface area is 109 Å². The number of hydrogen-bond acceptors (Lipinski definition) is 3. The molecule has 2 fully saturated rings. The van der Waals surface area contributed by atoms with Crippen molar-refractivity contribution in [2.75, 3.05) is 18.8 Å². The predicted octanol–water partition coefficient (Wildman–Crippen LogP) is 1.82. The summed E-state index contributed by atoms with van der Waals surface area (Å²) in [7, 11) is 0. The molecule has 2 aliphatic heterocycles. The van der Waals surface area contributed by atoms with Crippen molar-refractivity contribution in [3.8, 4) is 0 Å². The minimum absolute atomic E-state index is 0.748.